The van der Waals surface area contributed by atoms with Crippen LogP contribution >= 0.6 is 0 Å². The van der Waals surface area contributed by atoms with Gasteiger partial charge in [0.2, 0.25) is 5.71 Å². The van der Waals surface area contributed by atoms with E-state index in [1.54, 1.807) is 4.58 Å². The molecule has 0 bridgehead atoms. The average molecular weight is 336 g/mol. The van der Waals surface area contributed by atoms with Crippen LogP contribution in [-0.4, -0.2) is 53.6 Å². The summed E-state index contributed by atoms with van der Waals surface area (Å²) in [5, 5.41) is 10.8. The van der Waals surface area contributed by atoms with Crippen LogP contribution in [0.1, 0.15) is 65.7 Å². The van der Waals surface area contributed by atoms with Gasteiger partial charge in [-0.05, 0) is 12.8 Å². The van der Waals surface area contributed by atoms with Crippen molar-refractivity contribution in [3.05, 3.63) is 0 Å². The molecule has 0 N–H and O–H groups in total. The van der Waals surface area contributed by atoms with Gasteiger partial charge in [0.1, 0.15) is 12.2 Å². The van der Waals surface area contributed by atoms with Gasteiger partial charge in [-0.1, -0.05) is 46.0 Å². The van der Waals surface area contributed by atoms with Crippen LogP contribution in [-0.2, 0) is 9.53 Å². The first kappa shape index (κ1) is 20.5. The van der Waals surface area contributed by atoms with E-state index in [1.807, 2.05) is 11.8 Å². The standard InChI is InChI=1S/C19H32N2O3/c1-4-6-7-8-9-10-15-24-18(5-2)20-12-11-17(3)21(14-13-20)16-19(22)23/h18H,4-10,13-16H2,1-3H3. The van der Waals surface area contributed by atoms with Gasteiger partial charge in [-0.3, -0.25) is 4.90 Å². The first-order valence-electron chi connectivity index (χ1n) is 9.26. The van der Waals surface area contributed by atoms with E-state index in [0.717, 1.165) is 25.2 Å². The predicted molar refractivity (Wildman–Crippen MR) is 93.6 cm³/mol. The minimum Gasteiger partial charge on any atom is -0.544 e. The van der Waals surface area contributed by atoms with Crippen LogP contribution in [0.2, 0.25) is 0 Å². The molecule has 0 aromatic heterocycles. The van der Waals surface area contributed by atoms with Gasteiger partial charge < -0.3 is 14.6 Å². The summed E-state index contributed by atoms with van der Waals surface area (Å²) in [7, 11) is 0. The number of aliphatic carboxylic acids is 1. The Morgan fingerprint density at radius 2 is 2.00 bits per heavy atom. The Bertz CT molecular complexity index is 477. The summed E-state index contributed by atoms with van der Waals surface area (Å²) in [6.45, 7) is 8.09. The van der Waals surface area contributed by atoms with Crippen molar-refractivity contribution in [2.45, 2.75) is 71.9 Å². The maximum absolute atomic E-state index is 10.8. The molecule has 1 atom stereocenters. The highest BCUT2D eigenvalue weighted by molar-refractivity contribution is 5.94. The highest BCUT2D eigenvalue weighted by atomic mass is 16.5. The molecule has 0 fully saturated rings. The number of hydrogen-bond donors (Lipinski definition) is 0. The second-order valence-corrected chi connectivity index (χ2v) is 6.31. The van der Waals surface area contributed by atoms with E-state index in [2.05, 4.69) is 25.8 Å². The minimum absolute atomic E-state index is 0.0242. The zero-order valence-electron chi connectivity index (χ0n) is 15.5. The van der Waals surface area contributed by atoms with Crippen LogP contribution in [0.4, 0.5) is 0 Å². The molecule has 0 saturated heterocycles. The van der Waals surface area contributed by atoms with Crippen molar-refractivity contribution in [2.24, 2.45) is 0 Å². The van der Waals surface area contributed by atoms with Crippen LogP contribution in [0.15, 0.2) is 0 Å². The Balaban J connectivity index is 2.39. The van der Waals surface area contributed by atoms with E-state index in [-0.39, 0.29) is 12.8 Å². The number of carbonyl (C=O) groups excluding carboxylic acids is 1. The van der Waals surface area contributed by atoms with Gasteiger partial charge in [0.05, 0.1) is 6.54 Å². The zero-order chi connectivity index (χ0) is 17.8. The van der Waals surface area contributed by atoms with Crippen LogP contribution in [0, 0.1) is 12.0 Å². The highest BCUT2D eigenvalue weighted by Crippen LogP contribution is 2.10. The van der Waals surface area contributed by atoms with E-state index in [0.29, 0.717) is 13.1 Å². The number of hydrogen-bond acceptors (Lipinski definition) is 4. The molecule has 0 amide bonds. The Kier molecular flexibility index (Phi) is 10.2. The van der Waals surface area contributed by atoms with Crippen LogP contribution in [0.5, 0.6) is 0 Å². The third kappa shape index (κ3) is 7.83. The fraction of sp³-hybridized carbons (Fsp3) is 0.789. The molecule has 1 aliphatic heterocycles. The molecule has 24 heavy (non-hydrogen) atoms. The number of carboxylic acids is 1. The molecule has 1 rings (SSSR count). The summed E-state index contributed by atoms with van der Waals surface area (Å²) >= 11 is 0. The monoisotopic (exact) mass is 336 g/mol. The van der Waals surface area contributed by atoms with Crippen molar-refractivity contribution in [3.63, 3.8) is 0 Å². The maximum atomic E-state index is 10.8. The van der Waals surface area contributed by atoms with Crippen molar-refractivity contribution in [1.29, 1.82) is 0 Å². The lowest BCUT2D eigenvalue weighted by molar-refractivity contribution is -0.527. The lowest BCUT2D eigenvalue weighted by atomic mass is 10.1. The van der Waals surface area contributed by atoms with E-state index >= 15 is 0 Å². The third-order valence-electron chi connectivity index (χ3n) is 4.29. The summed E-state index contributed by atoms with van der Waals surface area (Å²) in [5.41, 5.74) is 0.771. The number of rotatable bonds is 12. The average Bonchev–Trinajstić information content (AvgIpc) is 2.73. The number of ether oxygens (including phenoxy) is 1. The number of nitrogens with zero attached hydrogens (tertiary/aromatic N) is 2. The summed E-state index contributed by atoms with van der Waals surface area (Å²) in [4.78, 5) is 12.8. The van der Waals surface area contributed by atoms with Crippen molar-refractivity contribution < 1.29 is 19.2 Å². The third-order valence-corrected chi connectivity index (χ3v) is 4.29. The first-order chi connectivity index (χ1) is 11.6. The zero-order valence-corrected chi connectivity index (χ0v) is 15.5. The molecule has 0 aliphatic carbocycles. The SMILES string of the molecule is CCCCCCCCOC(CC)N1C#CC(C)=[N+](CC(=O)[O-])CC1. The number of carbonyl (C=O) groups is 1. The van der Waals surface area contributed by atoms with E-state index in [1.165, 1.54) is 32.1 Å². The topological polar surface area (TPSA) is 55.6 Å². The molecular formula is C19H32N2O3. The van der Waals surface area contributed by atoms with E-state index in [4.69, 9.17) is 4.74 Å². The van der Waals surface area contributed by atoms with Gasteiger partial charge in [0, 0.05) is 25.5 Å². The van der Waals surface area contributed by atoms with E-state index < -0.39 is 5.97 Å². The molecule has 0 spiro atoms. The summed E-state index contributed by atoms with van der Waals surface area (Å²) in [5.74, 6) is 1.96. The van der Waals surface area contributed by atoms with Crippen LogP contribution in [0.3, 0.4) is 0 Å². The Morgan fingerprint density at radius 1 is 1.29 bits per heavy atom. The molecule has 0 aromatic carbocycles. The molecule has 1 heterocycles. The van der Waals surface area contributed by atoms with Gasteiger partial charge in [0.25, 0.3) is 0 Å². The Hall–Kier alpha value is -1.54. The first-order valence-corrected chi connectivity index (χ1v) is 9.26. The smallest absolute Gasteiger partial charge is 0.226 e. The molecule has 1 unspecified atom stereocenters. The lowest BCUT2D eigenvalue weighted by Gasteiger charge is -2.26. The van der Waals surface area contributed by atoms with Crippen molar-refractivity contribution in [1.82, 2.24) is 4.90 Å². The summed E-state index contributed by atoms with van der Waals surface area (Å²) in [6.07, 6.45) is 8.33. The van der Waals surface area contributed by atoms with E-state index in [9.17, 15) is 9.90 Å². The van der Waals surface area contributed by atoms with Crippen LogP contribution < -0.4 is 5.11 Å². The molecule has 5 nitrogen and oxygen atoms in total. The molecule has 0 saturated carbocycles. The summed E-state index contributed by atoms with van der Waals surface area (Å²) in [6, 6.07) is 3.12. The second kappa shape index (κ2) is 11.9. The quantitative estimate of drug-likeness (QED) is 0.309. The van der Waals surface area contributed by atoms with Gasteiger partial charge in [-0.15, -0.1) is 0 Å². The Morgan fingerprint density at radius 3 is 2.67 bits per heavy atom. The molecule has 5 heteroatoms. The van der Waals surface area contributed by atoms with Gasteiger partial charge in [-0.25, -0.2) is 4.58 Å². The number of carboxylic acid groups (broad SMARTS) is 1. The normalized spacial score (nSPS) is 15.7. The van der Waals surface area contributed by atoms with Gasteiger partial charge in [0.15, 0.2) is 13.1 Å². The fourth-order valence-electron chi connectivity index (χ4n) is 2.78. The largest absolute Gasteiger partial charge is 0.544 e. The van der Waals surface area contributed by atoms with Gasteiger partial charge in [-0.2, -0.15) is 0 Å². The second-order valence-electron chi connectivity index (χ2n) is 6.31. The molecular weight excluding hydrogens is 304 g/mol. The van der Waals surface area contributed by atoms with Crippen molar-refractivity contribution in [2.75, 3.05) is 26.2 Å². The number of unbranched alkanes of at least 4 members (excludes halogenated alkanes) is 5. The highest BCUT2D eigenvalue weighted by Gasteiger charge is 2.20. The van der Waals surface area contributed by atoms with Crippen LogP contribution in [0.25, 0.3) is 0 Å². The molecule has 1 aliphatic rings. The molecule has 136 valence electrons. The maximum Gasteiger partial charge on any atom is 0.226 e. The minimum atomic E-state index is -1.07. The van der Waals surface area contributed by atoms with Crippen molar-refractivity contribution >= 4 is 11.7 Å². The van der Waals surface area contributed by atoms with Gasteiger partial charge >= 0.3 is 0 Å². The van der Waals surface area contributed by atoms with Crippen molar-refractivity contribution in [3.8, 4) is 12.0 Å². The molecule has 0 aromatic rings. The predicted octanol–water partition coefficient (Wildman–Crippen LogP) is 1.60. The summed E-state index contributed by atoms with van der Waals surface area (Å²) < 4.78 is 7.76. The fourth-order valence-corrected chi connectivity index (χ4v) is 2.78. The molecule has 0 radical (unpaired) electrons. The lowest BCUT2D eigenvalue weighted by Crippen LogP contribution is -2.40. The Labute approximate surface area is 146 Å².